The standard InChI is InChI=1S/C37H34O9/c1-20(2)34(38)43-26-12-15-28(32(18-26)46-37(41)23(7)8)25-11-14-29(31(17-25)45-36(40)22(5)6)30-16-13-27(44-35(39)21(3)4)19-33(30)42-24(9)10/h11-19H,1,3,5,7,9H2,2,4,6,8,10H3. The van der Waals surface area contributed by atoms with Crippen molar-refractivity contribution in [3.8, 4) is 51.0 Å². The van der Waals surface area contributed by atoms with Crippen molar-refractivity contribution in [1.29, 1.82) is 0 Å². The fourth-order valence-corrected chi connectivity index (χ4v) is 3.71. The number of ether oxygens (including phenoxy) is 5. The summed E-state index contributed by atoms with van der Waals surface area (Å²) in [5, 5.41) is 0. The summed E-state index contributed by atoms with van der Waals surface area (Å²) in [5.74, 6) is -1.58. The highest BCUT2D eigenvalue weighted by Crippen LogP contribution is 2.43. The van der Waals surface area contributed by atoms with Crippen LogP contribution in [0, 0.1) is 0 Å². The Balaban J connectivity index is 2.23. The van der Waals surface area contributed by atoms with Crippen molar-refractivity contribution in [3.05, 3.63) is 116 Å². The number of carbonyl (C=O) groups is 4. The maximum atomic E-state index is 12.8. The minimum absolute atomic E-state index is 0.0555. The summed E-state index contributed by atoms with van der Waals surface area (Å²) in [5.41, 5.74) is 2.48. The van der Waals surface area contributed by atoms with E-state index in [2.05, 4.69) is 32.9 Å². The maximum absolute atomic E-state index is 12.8. The molecular weight excluding hydrogens is 588 g/mol. The van der Waals surface area contributed by atoms with E-state index >= 15 is 0 Å². The van der Waals surface area contributed by atoms with Crippen LogP contribution in [0.1, 0.15) is 34.6 Å². The van der Waals surface area contributed by atoms with Crippen molar-refractivity contribution in [2.45, 2.75) is 34.6 Å². The van der Waals surface area contributed by atoms with E-state index in [9.17, 15) is 19.2 Å². The summed E-state index contributed by atoms with van der Waals surface area (Å²) in [6.45, 7) is 26.0. The van der Waals surface area contributed by atoms with Gasteiger partial charge in [0.2, 0.25) is 0 Å². The molecule has 0 atom stereocenters. The Morgan fingerprint density at radius 3 is 1.20 bits per heavy atom. The normalized spacial score (nSPS) is 10.2. The molecular formula is C37H34O9. The first kappa shape index (κ1) is 34.5. The average Bonchev–Trinajstić information content (AvgIpc) is 2.97. The van der Waals surface area contributed by atoms with E-state index in [1.54, 1.807) is 43.3 Å². The summed E-state index contributed by atoms with van der Waals surface area (Å²) in [7, 11) is 0. The van der Waals surface area contributed by atoms with Gasteiger partial charge < -0.3 is 23.7 Å². The second kappa shape index (κ2) is 14.7. The first-order chi connectivity index (χ1) is 21.6. The number of hydrogen-bond donors (Lipinski definition) is 0. The van der Waals surface area contributed by atoms with Gasteiger partial charge in [-0.15, -0.1) is 0 Å². The van der Waals surface area contributed by atoms with Gasteiger partial charge in [-0.05, 0) is 76.6 Å². The van der Waals surface area contributed by atoms with Gasteiger partial charge in [-0.2, -0.15) is 0 Å². The summed E-state index contributed by atoms with van der Waals surface area (Å²) in [6.07, 6.45) is 0. The van der Waals surface area contributed by atoms with Crippen molar-refractivity contribution >= 4 is 23.9 Å². The summed E-state index contributed by atoms with van der Waals surface area (Å²) < 4.78 is 27.9. The van der Waals surface area contributed by atoms with Crippen LogP contribution in [0.15, 0.2) is 116 Å². The topological polar surface area (TPSA) is 114 Å². The Kier molecular flexibility index (Phi) is 11.0. The van der Waals surface area contributed by atoms with Crippen LogP contribution in [0.5, 0.6) is 28.7 Å². The van der Waals surface area contributed by atoms with Gasteiger partial charge in [-0.1, -0.05) is 39.0 Å². The van der Waals surface area contributed by atoms with E-state index in [1.165, 1.54) is 45.9 Å². The SMILES string of the molecule is C=C(C)Oc1cc(OC(=O)C(=C)C)ccc1-c1ccc(-c2ccc(OC(=O)C(=C)C)cc2OC(=O)C(=C)C)cc1OC(=O)C(=C)C. The van der Waals surface area contributed by atoms with Crippen LogP contribution in [0.2, 0.25) is 0 Å². The van der Waals surface area contributed by atoms with E-state index in [0.717, 1.165) is 0 Å². The number of hydrogen-bond acceptors (Lipinski definition) is 9. The summed E-state index contributed by atoms with van der Waals surface area (Å²) >= 11 is 0. The molecule has 3 aromatic carbocycles. The third-order valence-electron chi connectivity index (χ3n) is 5.99. The quantitative estimate of drug-likeness (QED) is 0.0862. The molecule has 3 rings (SSSR count). The number of carbonyl (C=O) groups excluding carboxylic acids is 4. The molecule has 0 amide bonds. The van der Waals surface area contributed by atoms with E-state index in [0.29, 0.717) is 28.0 Å². The molecule has 0 bridgehead atoms. The highest BCUT2D eigenvalue weighted by Gasteiger charge is 2.21. The number of benzene rings is 3. The fourth-order valence-electron chi connectivity index (χ4n) is 3.71. The Hall–Kier alpha value is -5.96. The minimum Gasteiger partial charge on any atom is -0.462 e. The van der Waals surface area contributed by atoms with Gasteiger partial charge in [0.15, 0.2) is 0 Å². The Bertz CT molecular complexity index is 1820. The summed E-state index contributed by atoms with van der Waals surface area (Å²) in [4.78, 5) is 49.6. The molecule has 236 valence electrons. The predicted molar refractivity (Wildman–Crippen MR) is 175 cm³/mol. The number of rotatable bonds is 12. The van der Waals surface area contributed by atoms with Crippen LogP contribution in [-0.2, 0) is 19.2 Å². The van der Waals surface area contributed by atoms with Crippen LogP contribution in [-0.4, -0.2) is 23.9 Å². The molecule has 0 saturated heterocycles. The van der Waals surface area contributed by atoms with E-state index in [1.807, 2.05) is 0 Å². The van der Waals surface area contributed by atoms with Crippen LogP contribution in [0.25, 0.3) is 22.3 Å². The molecule has 0 saturated carbocycles. The molecule has 9 heteroatoms. The smallest absolute Gasteiger partial charge is 0.338 e. The minimum atomic E-state index is -0.704. The van der Waals surface area contributed by atoms with Crippen LogP contribution < -0.4 is 23.7 Å². The zero-order valence-electron chi connectivity index (χ0n) is 26.4. The monoisotopic (exact) mass is 622 g/mol. The van der Waals surface area contributed by atoms with Crippen LogP contribution in [0.4, 0.5) is 0 Å². The van der Waals surface area contributed by atoms with Gasteiger partial charge in [0.05, 0.1) is 5.76 Å². The maximum Gasteiger partial charge on any atom is 0.338 e. The van der Waals surface area contributed by atoms with Crippen LogP contribution in [0.3, 0.4) is 0 Å². The number of esters is 4. The molecule has 0 N–H and O–H groups in total. The van der Waals surface area contributed by atoms with Crippen molar-refractivity contribution < 1.29 is 42.9 Å². The van der Waals surface area contributed by atoms with Crippen molar-refractivity contribution in [1.82, 2.24) is 0 Å². The van der Waals surface area contributed by atoms with Crippen molar-refractivity contribution in [2.24, 2.45) is 0 Å². The third-order valence-corrected chi connectivity index (χ3v) is 5.99. The largest absolute Gasteiger partial charge is 0.462 e. The van der Waals surface area contributed by atoms with Crippen molar-refractivity contribution in [2.75, 3.05) is 0 Å². The van der Waals surface area contributed by atoms with Gasteiger partial charge in [-0.25, -0.2) is 19.2 Å². The van der Waals surface area contributed by atoms with Gasteiger partial charge in [-0.3, -0.25) is 0 Å². The Morgan fingerprint density at radius 1 is 0.435 bits per heavy atom. The average molecular weight is 623 g/mol. The fraction of sp³-hybridized carbons (Fsp3) is 0.135. The van der Waals surface area contributed by atoms with Gasteiger partial charge in [0.25, 0.3) is 0 Å². The molecule has 0 aliphatic rings. The first-order valence-corrected chi connectivity index (χ1v) is 13.8. The lowest BCUT2D eigenvalue weighted by Crippen LogP contribution is -2.11. The van der Waals surface area contributed by atoms with E-state index in [4.69, 9.17) is 23.7 Å². The zero-order valence-corrected chi connectivity index (χ0v) is 26.4. The molecule has 0 aliphatic carbocycles. The first-order valence-electron chi connectivity index (χ1n) is 13.8. The molecule has 3 aromatic rings. The molecule has 0 heterocycles. The molecule has 0 fully saturated rings. The Morgan fingerprint density at radius 2 is 0.783 bits per heavy atom. The van der Waals surface area contributed by atoms with Gasteiger partial charge in [0, 0.05) is 51.1 Å². The van der Waals surface area contributed by atoms with E-state index < -0.39 is 23.9 Å². The number of allylic oxidation sites excluding steroid dienone is 1. The molecule has 46 heavy (non-hydrogen) atoms. The molecule has 0 unspecified atom stereocenters. The second-order valence-electron chi connectivity index (χ2n) is 10.5. The molecule has 9 nitrogen and oxygen atoms in total. The zero-order chi connectivity index (χ0) is 34.3. The lowest BCUT2D eigenvalue weighted by Gasteiger charge is -2.18. The highest BCUT2D eigenvalue weighted by atomic mass is 16.6. The molecule has 0 spiro atoms. The molecule has 0 aliphatic heterocycles. The summed E-state index contributed by atoms with van der Waals surface area (Å²) in [6, 6.07) is 14.1. The van der Waals surface area contributed by atoms with Gasteiger partial charge >= 0.3 is 23.9 Å². The predicted octanol–water partition coefficient (Wildman–Crippen LogP) is 7.86. The Labute approximate surface area is 267 Å². The molecule has 0 aromatic heterocycles. The van der Waals surface area contributed by atoms with E-state index in [-0.39, 0.29) is 51.0 Å². The lowest BCUT2D eigenvalue weighted by atomic mass is 9.97. The van der Waals surface area contributed by atoms with Gasteiger partial charge in [0.1, 0.15) is 28.7 Å². The van der Waals surface area contributed by atoms with Crippen LogP contribution >= 0.6 is 0 Å². The third kappa shape index (κ3) is 8.79. The highest BCUT2D eigenvalue weighted by molar-refractivity contribution is 5.94. The van der Waals surface area contributed by atoms with Crippen molar-refractivity contribution in [3.63, 3.8) is 0 Å². The lowest BCUT2D eigenvalue weighted by molar-refractivity contribution is -0.131. The molecule has 0 radical (unpaired) electrons. The second-order valence-corrected chi connectivity index (χ2v) is 10.5.